The zero-order valence-electron chi connectivity index (χ0n) is 11.8. The first-order valence-corrected chi connectivity index (χ1v) is 7.73. The van der Waals surface area contributed by atoms with Crippen molar-refractivity contribution in [2.24, 2.45) is 0 Å². The van der Waals surface area contributed by atoms with Crippen LogP contribution in [0, 0.1) is 10.1 Å². The van der Waals surface area contributed by atoms with E-state index in [2.05, 4.69) is 10.3 Å². The van der Waals surface area contributed by atoms with Crippen molar-refractivity contribution in [2.45, 2.75) is 24.0 Å². The number of benzene rings is 1. The van der Waals surface area contributed by atoms with Crippen molar-refractivity contribution in [3.05, 3.63) is 58.4 Å². The Morgan fingerprint density at radius 2 is 2.05 bits per heavy atom. The molecule has 5 nitrogen and oxygen atoms in total. The van der Waals surface area contributed by atoms with Crippen molar-refractivity contribution in [3.8, 4) is 0 Å². The first-order valence-electron chi connectivity index (χ1n) is 6.74. The van der Waals surface area contributed by atoms with Crippen LogP contribution in [0.2, 0.25) is 0 Å². The van der Waals surface area contributed by atoms with Crippen LogP contribution < -0.4 is 5.32 Å². The maximum Gasteiger partial charge on any atom is 0.292 e. The summed E-state index contributed by atoms with van der Waals surface area (Å²) in [6.45, 7) is 2.75. The average Bonchev–Trinajstić information content (AvgIpc) is 2.52. The van der Waals surface area contributed by atoms with E-state index in [-0.39, 0.29) is 10.6 Å². The summed E-state index contributed by atoms with van der Waals surface area (Å²) in [5.41, 5.74) is 1.65. The molecule has 21 heavy (non-hydrogen) atoms. The number of nitro groups is 1. The highest BCUT2D eigenvalue weighted by atomic mass is 32.2. The van der Waals surface area contributed by atoms with E-state index in [1.165, 1.54) is 0 Å². The van der Waals surface area contributed by atoms with Crippen LogP contribution in [-0.4, -0.2) is 16.5 Å². The van der Waals surface area contributed by atoms with Crippen LogP contribution in [0.1, 0.15) is 18.9 Å². The molecule has 0 spiro atoms. The third-order valence-electron chi connectivity index (χ3n) is 2.88. The smallest absolute Gasteiger partial charge is 0.292 e. The van der Waals surface area contributed by atoms with Crippen LogP contribution in [0.5, 0.6) is 0 Å². The molecule has 0 unspecified atom stereocenters. The molecule has 0 aliphatic heterocycles. The highest BCUT2D eigenvalue weighted by Crippen LogP contribution is 2.29. The van der Waals surface area contributed by atoms with Gasteiger partial charge in [-0.3, -0.25) is 15.1 Å². The Labute approximate surface area is 127 Å². The third kappa shape index (κ3) is 4.46. The zero-order chi connectivity index (χ0) is 15.1. The zero-order valence-corrected chi connectivity index (χ0v) is 12.6. The standard InChI is InChI=1S/C15H17N3O2S/c1-2-7-17-14-4-3-12(10-15(14)18(19)20)11-21-13-5-8-16-9-6-13/h3-6,8-10,17H,2,7,11H2,1H3. The SMILES string of the molecule is CCCNc1ccc(CSc2ccncc2)cc1[N+](=O)[O-]. The molecule has 2 rings (SSSR count). The van der Waals surface area contributed by atoms with Gasteiger partial charge in [0.25, 0.3) is 5.69 Å². The first kappa shape index (κ1) is 15.3. The molecule has 1 N–H and O–H groups in total. The molecule has 0 bridgehead atoms. The Hall–Kier alpha value is -2.08. The lowest BCUT2D eigenvalue weighted by Gasteiger charge is -2.08. The van der Waals surface area contributed by atoms with E-state index in [4.69, 9.17) is 0 Å². The van der Waals surface area contributed by atoms with Gasteiger partial charge in [0.2, 0.25) is 0 Å². The molecule has 0 saturated heterocycles. The van der Waals surface area contributed by atoms with Crippen molar-refractivity contribution in [1.82, 2.24) is 4.98 Å². The highest BCUT2D eigenvalue weighted by molar-refractivity contribution is 7.98. The summed E-state index contributed by atoms with van der Waals surface area (Å²) < 4.78 is 0. The Balaban J connectivity index is 2.10. The molecule has 0 amide bonds. The van der Waals surface area contributed by atoms with Gasteiger partial charge in [0, 0.05) is 35.7 Å². The van der Waals surface area contributed by atoms with Gasteiger partial charge in [0.1, 0.15) is 5.69 Å². The number of hydrogen-bond acceptors (Lipinski definition) is 5. The number of anilines is 1. The van der Waals surface area contributed by atoms with Gasteiger partial charge in [0.05, 0.1) is 4.92 Å². The van der Waals surface area contributed by atoms with Crippen LogP contribution in [0.15, 0.2) is 47.6 Å². The van der Waals surface area contributed by atoms with E-state index in [1.54, 1.807) is 36.3 Å². The van der Waals surface area contributed by atoms with E-state index in [1.807, 2.05) is 25.1 Å². The number of thioether (sulfide) groups is 1. The lowest BCUT2D eigenvalue weighted by molar-refractivity contribution is -0.384. The lowest BCUT2D eigenvalue weighted by Crippen LogP contribution is -2.03. The summed E-state index contributed by atoms with van der Waals surface area (Å²) >= 11 is 1.63. The molecule has 0 aliphatic rings. The van der Waals surface area contributed by atoms with Gasteiger partial charge >= 0.3 is 0 Å². The Morgan fingerprint density at radius 3 is 2.71 bits per heavy atom. The van der Waals surface area contributed by atoms with Crippen molar-refractivity contribution in [3.63, 3.8) is 0 Å². The number of hydrogen-bond donors (Lipinski definition) is 1. The first-order chi connectivity index (χ1) is 10.2. The van der Waals surface area contributed by atoms with Crippen molar-refractivity contribution >= 4 is 23.1 Å². The van der Waals surface area contributed by atoms with Crippen LogP contribution >= 0.6 is 11.8 Å². The van der Waals surface area contributed by atoms with Crippen LogP contribution in [-0.2, 0) is 5.75 Å². The van der Waals surface area contributed by atoms with Gasteiger partial charge in [-0.25, -0.2) is 0 Å². The lowest BCUT2D eigenvalue weighted by atomic mass is 10.2. The number of nitrogens with zero attached hydrogens (tertiary/aromatic N) is 2. The molecular weight excluding hydrogens is 286 g/mol. The molecule has 2 aromatic rings. The van der Waals surface area contributed by atoms with E-state index >= 15 is 0 Å². The van der Waals surface area contributed by atoms with Crippen LogP contribution in [0.4, 0.5) is 11.4 Å². The minimum Gasteiger partial charge on any atom is -0.380 e. The molecule has 1 aromatic carbocycles. The highest BCUT2D eigenvalue weighted by Gasteiger charge is 2.14. The Kier molecular flexibility index (Phi) is 5.57. The summed E-state index contributed by atoms with van der Waals surface area (Å²) in [5.74, 6) is 0.693. The van der Waals surface area contributed by atoms with Crippen molar-refractivity contribution in [2.75, 3.05) is 11.9 Å². The molecule has 110 valence electrons. The largest absolute Gasteiger partial charge is 0.380 e. The number of nitro benzene ring substituents is 1. The van der Waals surface area contributed by atoms with Gasteiger partial charge in [-0.05, 0) is 30.2 Å². The monoisotopic (exact) mass is 303 g/mol. The summed E-state index contributed by atoms with van der Waals surface area (Å²) in [6, 6.07) is 9.22. The summed E-state index contributed by atoms with van der Waals surface area (Å²) in [6.07, 6.45) is 4.40. The molecule has 0 fully saturated rings. The molecular formula is C15H17N3O2S. The molecule has 6 heteroatoms. The quantitative estimate of drug-likeness (QED) is 0.474. The van der Waals surface area contributed by atoms with Crippen molar-refractivity contribution < 1.29 is 4.92 Å². The summed E-state index contributed by atoms with van der Waals surface area (Å²) in [7, 11) is 0. The second-order valence-corrected chi connectivity index (χ2v) is 5.56. The molecule has 1 aromatic heterocycles. The summed E-state index contributed by atoms with van der Waals surface area (Å²) in [4.78, 5) is 15.9. The average molecular weight is 303 g/mol. The molecule has 0 atom stereocenters. The fraction of sp³-hybridized carbons (Fsp3) is 0.267. The van der Waals surface area contributed by atoms with Gasteiger partial charge in [0.15, 0.2) is 0 Å². The van der Waals surface area contributed by atoms with E-state index in [9.17, 15) is 10.1 Å². The maximum absolute atomic E-state index is 11.2. The van der Waals surface area contributed by atoms with Gasteiger partial charge in [-0.15, -0.1) is 11.8 Å². The number of aromatic nitrogens is 1. The van der Waals surface area contributed by atoms with Crippen LogP contribution in [0.25, 0.3) is 0 Å². The molecule has 1 heterocycles. The van der Waals surface area contributed by atoms with E-state index in [0.717, 1.165) is 23.4 Å². The fourth-order valence-corrected chi connectivity index (χ4v) is 2.66. The van der Waals surface area contributed by atoms with Gasteiger partial charge in [-0.2, -0.15) is 0 Å². The van der Waals surface area contributed by atoms with E-state index < -0.39 is 0 Å². The second kappa shape index (κ2) is 7.64. The number of pyridine rings is 1. The number of rotatable bonds is 7. The minimum atomic E-state index is -0.335. The molecule has 0 saturated carbocycles. The van der Waals surface area contributed by atoms with Crippen molar-refractivity contribution in [1.29, 1.82) is 0 Å². The fourth-order valence-electron chi connectivity index (χ4n) is 1.83. The second-order valence-electron chi connectivity index (χ2n) is 4.51. The van der Waals surface area contributed by atoms with Gasteiger partial charge < -0.3 is 5.32 Å². The topological polar surface area (TPSA) is 68.1 Å². The Morgan fingerprint density at radius 1 is 1.29 bits per heavy atom. The predicted molar refractivity (Wildman–Crippen MR) is 85.7 cm³/mol. The van der Waals surface area contributed by atoms with Gasteiger partial charge in [-0.1, -0.05) is 13.0 Å². The molecule has 0 radical (unpaired) electrons. The number of nitrogens with one attached hydrogen (secondary N) is 1. The van der Waals surface area contributed by atoms with Crippen LogP contribution in [0.3, 0.4) is 0 Å². The van der Waals surface area contributed by atoms with E-state index in [0.29, 0.717) is 11.4 Å². The summed E-state index contributed by atoms with van der Waals surface area (Å²) in [5, 5.41) is 14.3. The third-order valence-corrected chi connectivity index (χ3v) is 3.96. The maximum atomic E-state index is 11.2. The Bertz CT molecular complexity index is 605. The minimum absolute atomic E-state index is 0.135. The normalized spacial score (nSPS) is 10.3. The predicted octanol–water partition coefficient (Wildman–Crippen LogP) is 4.10. The molecule has 0 aliphatic carbocycles.